The second kappa shape index (κ2) is 7.69. The molecule has 0 spiro atoms. The van der Waals surface area contributed by atoms with Gasteiger partial charge in [-0.3, -0.25) is 0 Å². The Bertz CT molecular complexity index is 115. The smallest absolute Gasteiger partial charge is 0.00191 e. The third-order valence-corrected chi connectivity index (χ3v) is 3.23. The highest BCUT2D eigenvalue weighted by molar-refractivity contribution is 7.80. The molecule has 0 aromatic carbocycles. The van der Waals surface area contributed by atoms with Crippen LogP contribution in [0.4, 0.5) is 0 Å². The fourth-order valence-electron chi connectivity index (χ4n) is 1.94. The maximum atomic E-state index is 4.54. The fraction of sp³-hybridized carbons (Fsp3) is 1.00. The van der Waals surface area contributed by atoms with E-state index in [-0.39, 0.29) is 0 Å². The highest BCUT2D eigenvalue weighted by atomic mass is 32.1. The molecule has 0 saturated carbocycles. The van der Waals surface area contributed by atoms with Gasteiger partial charge in [-0.25, -0.2) is 0 Å². The standard InChI is InChI=1S/C11H25NS/c1-5-11(10(4)13)9(3)7-8-12-6-2/h9-13H,5-8H2,1-4H3/t9?,10-,11-/m0/s1. The van der Waals surface area contributed by atoms with Gasteiger partial charge < -0.3 is 5.32 Å². The molecule has 1 N–H and O–H groups in total. The third kappa shape index (κ3) is 5.58. The summed E-state index contributed by atoms with van der Waals surface area (Å²) in [6, 6.07) is 0. The van der Waals surface area contributed by atoms with Crippen LogP contribution in [0.2, 0.25) is 0 Å². The van der Waals surface area contributed by atoms with E-state index < -0.39 is 0 Å². The lowest BCUT2D eigenvalue weighted by Crippen LogP contribution is -2.24. The second-order valence-corrected chi connectivity index (χ2v) is 4.75. The molecule has 0 aromatic heterocycles. The van der Waals surface area contributed by atoms with Gasteiger partial charge in [0, 0.05) is 5.25 Å². The van der Waals surface area contributed by atoms with Crippen molar-refractivity contribution < 1.29 is 0 Å². The van der Waals surface area contributed by atoms with Crippen molar-refractivity contribution in [2.75, 3.05) is 13.1 Å². The zero-order valence-corrected chi connectivity index (χ0v) is 10.4. The van der Waals surface area contributed by atoms with Crippen LogP contribution >= 0.6 is 12.6 Å². The number of nitrogens with one attached hydrogen (secondary N) is 1. The van der Waals surface area contributed by atoms with Gasteiger partial charge >= 0.3 is 0 Å². The number of rotatable bonds is 7. The highest BCUT2D eigenvalue weighted by Crippen LogP contribution is 2.25. The van der Waals surface area contributed by atoms with E-state index in [0.29, 0.717) is 5.25 Å². The normalized spacial score (nSPS) is 18.2. The molecular formula is C11H25NS. The lowest BCUT2D eigenvalue weighted by molar-refractivity contribution is 0.324. The Morgan fingerprint density at radius 1 is 1.23 bits per heavy atom. The van der Waals surface area contributed by atoms with Crippen LogP contribution in [0.3, 0.4) is 0 Å². The largest absolute Gasteiger partial charge is 0.317 e. The van der Waals surface area contributed by atoms with Gasteiger partial charge in [-0.15, -0.1) is 0 Å². The Kier molecular flexibility index (Phi) is 7.87. The van der Waals surface area contributed by atoms with Crippen LogP contribution < -0.4 is 5.32 Å². The van der Waals surface area contributed by atoms with Crippen LogP contribution in [-0.2, 0) is 0 Å². The van der Waals surface area contributed by atoms with Crippen LogP contribution in [0.1, 0.15) is 40.5 Å². The predicted octanol–water partition coefficient (Wildman–Crippen LogP) is 2.97. The fourth-order valence-corrected chi connectivity index (χ4v) is 2.44. The van der Waals surface area contributed by atoms with Crippen LogP contribution in [0.5, 0.6) is 0 Å². The molecule has 3 atom stereocenters. The SMILES string of the molecule is CCNCCC(C)[C@H](CC)[C@H](C)S. The molecule has 13 heavy (non-hydrogen) atoms. The van der Waals surface area contributed by atoms with Gasteiger partial charge in [0.25, 0.3) is 0 Å². The van der Waals surface area contributed by atoms with Gasteiger partial charge in [-0.05, 0) is 31.3 Å². The van der Waals surface area contributed by atoms with Gasteiger partial charge in [0.05, 0.1) is 0 Å². The Morgan fingerprint density at radius 2 is 1.85 bits per heavy atom. The molecule has 80 valence electrons. The summed E-state index contributed by atoms with van der Waals surface area (Å²) in [4.78, 5) is 0. The first-order chi connectivity index (χ1) is 6.13. The van der Waals surface area contributed by atoms with Gasteiger partial charge in [0.2, 0.25) is 0 Å². The van der Waals surface area contributed by atoms with E-state index in [1.165, 1.54) is 12.8 Å². The molecule has 0 aliphatic heterocycles. The Labute approximate surface area is 89.1 Å². The summed E-state index contributed by atoms with van der Waals surface area (Å²) in [5.41, 5.74) is 0. The summed E-state index contributed by atoms with van der Waals surface area (Å²) < 4.78 is 0. The average molecular weight is 203 g/mol. The zero-order valence-electron chi connectivity index (χ0n) is 9.51. The summed E-state index contributed by atoms with van der Waals surface area (Å²) in [6.45, 7) is 11.2. The summed E-state index contributed by atoms with van der Waals surface area (Å²) in [5.74, 6) is 1.55. The Balaban J connectivity index is 3.70. The van der Waals surface area contributed by atoms with Crippen molar-refractivity contribution in [3.8, 4) is 0 Å². The minimum atomic E-state index is 0.529. The van der Waals surface area contributed by atoms with Crippen molar-refractivity contribution in [3.05, 3.63) is 0 Å². The quantitative estimate of drug-likeness (QED) is 0.479. The molecule has 0 heterocycles. The topological polar surface area (TPSA) is 12.0 Å². The summed E-state index contributed by atoms with van der Waals surface area (Å²) in [7, 11) is 0. The van der Waals surface area contributed by atoms with E-state index in [9.17, 15) is 0 Å². The van der Waals surface area contributed by atoms with E-state index >= 15 is 0 Å². The summed E-state index contributed by atoms with van der Waals surface area (Å²) >= 11 is 4.54. The lowest BCUT2D eigenvalue weighted by atomic mass is 9.86. The van der Waals surface area contributed by atoms with Crippen molar-refractivity contribution in [2.24, 2.45) is 11.8 Å². The monoisotopic (exact) mass is 203 g/mol. The van der Waals surface area contributed by atoms with E-state index in [0.717, 1.165) is 24.9 Å². The van der Waals surface area contributed by atoms with Crippen molar-refractivity contribution in [2.45, 2.75) is 45.8 Å². The molecule has 0 aromatic rings. The number of hydrogen-bond donors (Lipinski definition) is 2. The maximum Gasteiger partial charge on any atom is 0.00191 e. The molecule has 0 rings (SSSR count). The highest BCUT2D eigenvalue weighted by Gasteiger charge is 2.18. The Hall–Kier alpha value is 0.310. The van der Waals surface area contributed by atoms with Crippen LogP contribution in [0.15, 0.2) is 0 Å². The first-order valence-corrected chi connectivity index (χ1v) is 6.03. The van der Waals surface area contributed by atoms with Crippen LogP contribution in [0, 0.1) is 11.8 Å². The molecular weight excluding hydrogens is 178 g/mol. The second-order valence-electron chi connectivity index (χ2n) is 3.93. The van der Waals surface area contributed by atoms with E-state index in [2.05, 4.69) is 45.6 Å². The molecule has 1 nitrogen and oxygen atoms in total. The van der Waals surface area contributed by atoms with E-state index in [4.69, 9.17) is 0 Å². The van der Waals surface area contributed by atoms with Crippen LogP contribution in [-0.4, -0.2) is 18.3 Å². The van der Waals surface area contributed by atoms with E-state index in [1.54, 1.807) is 0 Å². The van der Waals surface area contributed by atoms with Gasteiger partial charge in [0.15, 0.2) is 0 Å². The molecule has 2 heteroatoms. The Morgan fingerprint density at radius 3 is 2.23 bits per heavy atom. The van der Waals surface area contributed by atoms with Crippen molar-refractivity contribution in [1.29, 1.82) is 0 Å². The van der Waals surface area contributed by atoms with E-state index in [1.807, 2.05) is 0 Å². The van der Waals surface area contributed by atoms with Crippen molar-refractivity contribution in [1.82, 2.24) is 5.32 Å². The molecule has 0 fully saturated rings. The minimum Gasteiger partial charge on any atom is -0.317 e. The molecule has 0 radical (unpaired) electrons. The van der Waals surface area contributed by atoms with Gasteiger partial charge in [-0.1, -0.05) is 34.1 Å². The zero-order chi connectivity index (χ0) is 10.3. The number of thiol groups is 1. The molecule has 1 unspecified atom stereocenters. The molecule has 0 aliphatic carbocycles. The molecule has 0 saturated heterocycles. The maximum absolute atomic E-state index is 4.54. The van der Waals surface area contributed by atoms with Gasteiger partial charge in [0.1, 0.15) is 0 Å². The van der Waals surface area contributed by atoms with Crippen molar-refractivity contribution in [3.63, 3.8) is 0 Å². The average Bonchev–Trinajstić information content (AvgIpc) is 2.05. The molecule has 0 aliphatic rings. The summed E-state index contributed by atoms with van der Waals surface area (Å²) in [5, 5.41) is 3.90. The predicted molar refractivity (Wildman–Crippen MR) is 64.6 cm³/mol. The first-order valence-electron chi connectivity index (χ1n) is 5.52. The van der Waals surface area contributed by atoms with Gasteiger partial charge in [-0.2, -0.15) is 12.6 Å². The van der Waals surface area contributed by atoms with Crippen LogP contribution in [0.25, 0.3) is 0 Å². The summed E-state index contributed by atoms with van der Waals surface area (Å²) in [6.07, 6.45) is 2.52. The minimum absolute atomic E-state index is 0.529. The number of hydrogen-bond acceptors (Lipinski definition) is 2. The molecule has 0 bridgehead atoms. The third-order valence-electron chi connectivity index (χ3n) is 2.85. The molecule has 0 amide bonds. The van der Waals surface area contributed by atoms with Crippen molar-refractivity contribution >= 4 is 12.6 Å². The first kappa shape index (κ1) is 13.3. The lowest BCUT2D eigenvalue weighted by Gasteiger charge is -2.25.